The molecule has 6 rings (SSSR count). The molecular formula is C28H20N4OS2. The Labute approximate surface area is 211 Å². The van der Waals surface area contributed by atoms with Crippen LogP contribution in [0.2, 0.25) is 0 Å². The van der Waals surface area contributed by atoms with Gasteiger partial charge in [0.1, 0.15) is 0 Å². The molecule has 0 N–H and O–H groups in total. The summed E-state index contributed by atoms with van der Waals surface area (Å²) in [4.78, 5) is 25.4. The van der Waals surface area contributed by atoms with Crippen LogP contribution in [-0.4, -0.2) is 20.6 Å². The summed E-state index contributed by atoms with van der Waals surface area (Å²) in [7, 11) is 2.02. The molecule has 7 heteroatoms. The van der Waals surface area contributed by atoms with Crippen molar-refractivity contribution in [3.8, 4) is 11.3 Å². The van der Waals surface area contributed by atoms with Gasteiger partial charge < -0.3 is 4.57 Å². The first-order valence-corrected chi connectivity index (χ1v) is 12.8. The molecule has 0 bridgehead atoms. The number of aromatic nitrogens is 2. The lowest BCUT2D eigenvalue weighted by Crippen LogP contribution is -2.28. The Morgan fingerprint density at radius 1 is 0.914 bits per heavy atom. The quantitative estimate of drug-likeness (QED) is 0.251. The number of fused-ring (bicyclic) bond motifs is 1. The van der Waals surface area contributed by atoms with Gasteiger partial charge in [-0.05, 0) is 36.0 Å². The molecule has 0 unspecified atom stereocenters. The van der Waals surface area contributed by atoms with Gasteiger partial charge in [0, 0.05) is 40.7 Å². The van der Waals surface area contributed by atoms with Gasteiger partial charge in [0.2, 0.25) is 5.13 Å². The lowest BCUT2D eigenvalue weighted by molar-refractivity contribution is -0.113. The van der Waals surface area contributed by atoms with E-state index in [2.05, 4.69) is 22.9 Å². The van der Waals surface area contributed by atoms with Crippen LogP contribution in [0.5, 0.6) is 0 Å². The number of nitrogens with zero attached hydrogens (tertiary/aromatic N) is 4. The lowest BCUT2D eigenvalue weighted by atomic mass is 10.1. The minimum atomic E-state index is -0.0901. The summed E-state index contributed by atoms with van der Waals surface area (Å²) >= 11 is 2.85. The number of aryl methyl sites for hydroxylation is 1. The van der Waals surface area contributed by atoms with E-state index in [0.717, 1.165) is 33.4 Å². The monoisotopic (exact) mass is 492 g/mol. The molecule has 1 amide bonds. The highest BCUT2D eigenvalue weighted by Gasteiger charge is 2.35. The lowest BCUT2D eigenvalue weighted by Gasteiger charge is -2.14. The summed E-state index contributed by atoms with van der Waals surface area (Å²) in [6.45, 7) is 0. The number of carbonyl (C=O) groups is 1. The molecule has 0 spiro atoms. The van der Waals surface area contributed by atoms with E-state index in [0.29, 0.717) is 15.2 Å². The third-order valence-electron chi connectivity index (χ3n) is 5.79. The number of thiazole rings is 1. The van der Waals surface area contributed by atoms with Crippen molar-refractivity contribution in [2.45, 2.75) is 0 Å². The van der Waals surface area contributed by atoms with Crippen LogP contribution in [-0.2, 0) is 11.8 Å². The second kappa shape index (κ2) is 9.02. The normalized spacial score (nSPS) is 16.1. The number of anilines is 1. The van der Waals surface area contributed by atoms with Gasteiger partial charge in [-0.2, -0.15) is 4.99 Å². The van der Waals surface area contributed by atoms with Crippen molar-refractivity contribution in [1.29, 1.82) is 0 Å². The minimum Gasteiger partial charge on any atom is -0.350 e. The zero-order valence-electron chi connectivity index (χ0n) is 18.8. The predicted octanol–water partition coefficient (Wildman–Crippen LogP) is 7.11. The maximum atomic E-state index is 13.6. The highest BCUT2D eigenvalue weighted by molar-refractivity contribution is 8.19. The van der Waals surface area contributed by atoms with Gasteiger partial charge in [0.05, 0.1) is 16.3 Å². The summed E-state index contributed by atoms with van der Waals surface area (Å²) in [5.74, 6) is -0.0901. The third kappa shape index (κ3) is 4.09. The average Bonchev–Trinajstić information content (AvgIpc) is 3.58. The number of thioether (sulfide) groups is 1. The first-order valence-electron chi connectivity index (χ1n) is 11.1. The summed E-state index contributed by atoms with van der Waals surface area (Å²) in [6.07, 6.45) is 4.02. The number of benzene rings is 3. The third-order valence-corrected chi connectivity index (χ3v) is 7.49. The van der Waals surface area contributed by atoms with Crippen molar-refractivity contribution in [3.63, 3.8) is 0 Å². The molecule has 2 aromatic heterocycles. The Balaban J connectivity index is 1.41. The zero-order chi connectivity index (χ0) is 23.8. The molecular weight excluding hydrogens is 472 g/mol. The van der Waals surface area contributed by atoms with Gasteiger partial charge in [-0.15, -0.1) is 11.3 Å². The molecule has 0 aliphatic carbocycles. The Kier molecular flexibility index (Phi) is 5.56. The fourth-order valence-electron chi connectivity index (χ4n) is 4.12. The van der Waals surface area contributed by atoms with Crippen LogP contribution < -0.4 is 4.90 Å². The first-order chi connectivity index (χ1) is 17.2. The van der Waals surface area contributed by atoms with Crippen LogP contribution in [0.25, 0.3) is 28.2 Å². The molecule has 0 radical (unpaired) electrons. The van der Waals surface area contributed by atoms with Crippen LogP contribution >= 0.6 is 23.1 Å². The van der Waals surface area contributed by atoms with E-state index in [9.17, 15) is 4.79 Å². The second-order valence-electron chi connectivity index (χ2n) is 8.07. The molecule has 1 aliphatic rings. The number of amidine groups is 1. The van der Waals surface area contributed by atoms with Gasteiger partial charge in [-0.25, -0.2) is 4.98 Å². The Morgan fingerprint density at radius 2 is 1.63 bits per heavy atom. The number of para-hydroxylation sites is 2. The number of aliphatic imine (C=N–C) groups is 1. The maximum absolute atomic E-state index is 13.6. The fourth-order valence-corrected chi connectivity index (χ4v) is 5.85. The van der Waals surface area contributed by atoms with Gasteiger partial charge in [-0.1, -0.05) is 66.7 Å². The number of hydrogen-bond acceptors (Lipinski definition) is 5. The van der Waals surface area contributed by atoms with E-state index < -0.39 is 0 Å². The van der Waals surface area contributed by atoms with E-state index in [-0.39, 0.29) is 5.91 Å². The molecule has 0 saturated carbocycles. The minimum absolute atomic E-state index is 0.0901. The molecule has 35 heavy (non-hydrogen) atoms. The highest BCUT2D eigenvalue weighted by atomic mass is 32.2. The summed E-state index contributed by atoms with van der Waals surface area (Å²) in [5.41, 5.74) is 4.84. The van der Waals surface area contributed by atoms with Crippen LogP contribution in [0.1, 0.15) is 5.56 Å². The van der Waals surface area contributed by atoms with E-state index >= 15 is 0 Å². The molecule has 1 saturated heterocycles. The van der Waals surface area contributed by atoms with Crippen molar-refractivity contribution in [3.05, 3.63) is 107 Å². The van der Waals surface area contributed by atoms with Crippen LogP contribution in [0.15, 0.2) is 106 Å². The van der Waals surface area contributed by atoms with E-state index in [1.54, 1.807) is 4.90 Å². The number of rotatable bonds is 4. The van der Waals surface area contributed by atoms with Gasteiger partial charge in [0.15, 0.2) is 5.17 Å². The van der Waals surface area contributed by atoms with Crippen molar-refractivity contribution < 1.29 is 4.79 Å². The zero-order valence-corrected chi connectivity index (χ0v) is 20.5. The molecule has 1 aliphatic heterocycles. The first kappa shape index (κ1) is 21.6. The van der Waals surface area contributed by atoms with Gasteiger partial charge >= 0.3 is 0 Å². The molecule has 5 aromatic rings. The van der Waals surface area contributed by atoms with E-state index in [1.165, 1.54) is 23.1 Å². The highest BCUT2D eigenvalue weighted by Crippen LogP contribution is 2.39. The number of amides is 1. The number of hydrogen-bond donors (Lipinski definition) is 0. The topological polar surface area (TPSA) is 50.5 Å². The van der Waals surface area contributed by atoms with E-state index in [1.807, 2.05) is 91.3 Å². The summed E-state index contributed by atoms with van der Waals surface area (Å²) < 4.78 is 2.08. The largest absolute Gasteiger partial charge is 0.350 e. The van der Waals surface area contributed by atoms with Gasteiger partial charge in [-0.3, -0.25) is 9.69 Å². The summed E-state index contributed by atoms with van der Waals surface area (Å²) in [5, 5.41) is 4.32. The fraction of sp³-hybridized carbons (Fsp3) is 0.0357. The predicted molar refractivity (Wildman–Crippen MR) is 147 cm³/mol. The van der Waals surface area contributed by atoms with Crippen LogP contribution in [0.4, 0.5) is 10.8 Å². The number of carbonyl (C=O) groups excluding carboxylic acids is 1. The summed E-state index contributed by atoms with van der Waals surface area (Å²) in [6, 6.07) is 27.9. The van der Waals surface area contributed by atoms with Gasteiger partial charge in [0.25, 0.3) is 5.91 Å². The maximum Gasteiger partial charge on any atom is 0.271 e. The van der Waals surface area contributed by atoms with Crippen molar-refractivity contribution in [2.24, 2.45) is 12.0 Å². The molecule has 170 valence electrons. The van der Waals surface area contributed by atoms with Crippen molar-refractivity contribution in [1.82, 2.24) is 9.55 Å². The van der Waals surface area contributed by atoms with E-state index in [4.69, 9.17) is 9.98 Å². The standard InChI is InChI=1S/C28H20N4OS2/c1-31-17-20(22-14-8-9-15-24(22)31)16-25-26(33)32(21-12-6-3-7-13-21)28(35-25)30-27-29-23(18-34-27)19-10-4-2-5-11-19/h2-18H,1H3/b25-16-,30-28+. The van der Waals surface area contributed by atoms with Crippen LogP contribution in [0.3, 0.4) is 0 Å². The molecule has 0 atom stereocenters. The molecule has 1 fully saturated rings. The van der Waals surface area contributed by atoms with Crippen molar-refractivity contribution >= 4 is 62.0 Å². The van der Waals surface area contributed by atoms with Crippen molar-refractivity contribution in [2.75, 3.05) is 4.90 Å². The Morgan fingerprint density at radius 3 is 2.43 bits per heavy atom. The SMILES string of the molecule is Cn1cc(/C=C2\S/C(=N/c3nc(-c4ccccc4)cs3)N(c3ccccc3)C2=O)c2ccccc21. The molecule has 3 heterocycles. The Hall–Kier alpha value is -3.94. The van der Waals surface area contributed by atoms with Crippen LogP contribution in [0, 0.1) is 0 Å². The average molecular weight is 493 g/mol. The second-order valence-corrected chi connectivity index (χ2v) is 9.92. The smallest absolute Gasteiger partial charge is 0.271 e. The molecule has 5 nitrogen and oxygen atoms in total. The molecule has 3 aromatic carbocycles. The Bertz CT molecular complexity index is 1600.